The van der Waals surface area contributed by atoms with Crippen LogP contribution in [0.1, 0.15) is 25.0 Å². The van der Waals surface area contributed by atoms with Gasteiger partial charge >= 0.3 is 0 Å². The fraction of sp³-hybridized carbons (Fsp3) is 0.300. The van der Waals surface area contributed by atoms with Crippen LogP contribution < -0.4 is 5.32 Å². The summed E-state index contributed by atoms with van der Waals surface area (Å²) in [5.74, 6) is -0.791. The van der Waals surface area contributed by atoms with Gasteiger partial charge in [0.2, 0.25) is 11.8 Å². The Labute approximate surface area is 178 Å². The lowest BCUT2D eigenvalue weighted by atomic mass is 10.1. The van der Waals surface area contributed by atoms with E-state index in [1.807, 2.05) is 0 Å². The van der Waals surface area contributed by atoms with E-state index in [0.29, 0.717) is 22.2 Å². The quantitative estimate of drug-likeness (QED) is 0.498. The number of nitrogens with one attached hydrogen (secondary N) is 1. The van der Waals surface area contributed by atoms with Crippen molar-refractivity contribution in [3.63, 3.8) is 0 Å². The Bertz CT molecular complexity index is 900. The number of rotatable bonds is 8. The minimum absolute atomic E-state index is 0.00370. The highest BCUT2D eigenvalue weighted by atomic mass is 35.5. The van der Waals surface area contributed by atoms with Gasteiger partial charge in [0.05, 0.1) is 11.3 Å². The minimum Gasteiger partial charge on any atom is -0.355 e. The van der Waals surface area contributed by atoms with Crippen molar-refractivity contribution in [1.82, 2.24) is 10.2 Å². The molecule has 2 aromatic carbocycles. The number of carbonyl (C=O) groups excluding carboxylic acids is 2. The van der Waals surface area contributed by atoms with Crippen LogP contribution in [0.2, 0.25) is 10.0 Å². The van der Waals surface area contributed by atoms with Gasteiger partial charge in [-0.05, 0) is 26.0 Å². The molecule has 0 saturated carbocycles. The number of nitro groups is 1. The third kappa shape index (κ3) is 5.68. The average molecular weight is 438 g/mol. The molecule has 0 heterocycles. The van der Waals surface area contributed by atoms with Gasteiger partial charge in [-0.25, -0.2) is 0 Å². The molecule has 0 aliphatic heterocycles. The third-order valence-electron chi connectivity index (χ3n) is 4.44. The Kier molecular flexibility index (Phi) is 7.99. The zero-order valence-corrected chi connectivity index (χ0v) is 17.5. The molecule has 154 valence electrons. The summed E-state index contributed by atoms with van der Waals surface area (Å²) in [6, 6.07) is 10.2. The van der Waals surface area contributed by atoms with Gasteiger partial charge in [0.25, 0.3) is 5.69 Å². The standard InChI is InChI=1S/C20H21Cl2N3O4/c1-3-23-20(27)13(2)24(12-15-16(21)8-6-9-17(15)22)19(26)11-14-7-4-5-10-18(14)25(28)29/h4-10,13H,3,11-12H2,1-2H3,(H,23,27)/t13-/m0/s1. The number of halogens is 2. The highest BCUT2D eigenvalue weighted by Crippen LogP contribution is 2.27. The van der Waals surface area contributed by atoms with E-state index in [9.17, 15) is 19.7 Å². The van der Waals surface area contributed by atoms with Crippen molar-refractivity contribution in [3.05, 3.63) is 73.8 Å². The zero-order valence-electron chi connectivity index (χ0n) is 16.0. The molecule has 2 rings (SSSR count). The van der Waals surface area contributed by atoms with Crippen molar-refractivity contribution < 1.29 is 14.5 Å². The lowest BCUT2D eigenvalue weighted by Crippen LogP contribution is -2.48. The van der Waals surface area contributed by atoms with E-state index in [4.69, 9.17) is 23.2 Å². The fourth-order valence-corrected chi connectivity index (χ4v) is 3.38. The number of hydrogen-bond donors (Lipinski definition) is 1. The number of nitrogens with zero attached hydrogens (tertiary/aromatic N) is 2. The highest BCUT2D eigenvalue weighted by Gasteiger charge is 2.28. The van der Waals surface area contributed by atoms with Crippen LogP contribution in [0.25, 0.3) is 0 Å². The molecule has 7 nitrogen and oxygen atoms in total. The lowest BCUT2D eigenvalue weighted by Gasteiger charge is -2.29. The first-order valence-electron chi connectivity index (χ1n) is 8.98. The number of amides is 2. The highest BCUT2D eigenvalue weighted by molar-refractivity contribution is 6.36. The van der Waals surface area contributed by atoms with Crippen LogP contribution >= 0.6 is 23.2 Å². The van der Waals surface area contributed by atoms with Gasteiger partial charge < -0.3 is 10.2 Å². The molecule has 0 unspecified atom stereocenters. The first-order valence-corrected chi connectivity index (χ1v) is 9.74. The second kappa shape index (κ2) is 10.2. The number of hydrogen-bond acceptors (Lipinski definition) is 4. The molecular weight excluding hydrogens is 417 g/mol. The molecule has 2 amide bonds. The molecule has 0 radical (unpaired) electrons. The molecule has 9 heteroatoms. The monoisotopic (exact) mass is 437 g/mol. The summed E-state index contributed by atoms with van der Waals surface area (Å²) >= 11 is 12.5. The topological polar surface area (TPSA) is 92.6 Å². The molecule has 0 saturated heterocycles. The van der Waals surface area contributed by atoms with Gasteiger partial charge in [-0.3, -0.25) is 19.7 Å². The van der Waals surface area contributed by atoms with E-state index in [-0.39, 0.29) is 30.1 Å². The molecule has 0 fully saturated rings. The van der Waals surface area contributed by atoms with Crippen LogP contribution in [0, 0.1) is 10.1 Å². The molecule has 0 spiro atoms. The normalized spacial score (nSPS) is 11.6. The van der Waals surface area contributed by atoms with Crippen molar-refractivity contribution in [2.24, 2.45) is 0 Å². The van der Waals surface area contributed by atoms with Gasteiger partial charge in [0.15, 0.2) is 0 Å². The first-order chi connectivity index (χ1) is 13.8. The largest absolute Gasteiger partial charge is 0.355 e. The van der Waals surface area contributed by atoms with Crippen molar-refractivity contribution >= 4 is 40.7 Å². The van der Waals surface area contributed by atoms with Crippen LogP contribution in [0.5, 0.6) is 0 Å². The number of likely N-dealkylation sites (N-methyl/N-ethyl adjacent to an activating group) is 1. The molecule has 1 atom stereocenters. The van der Waals surface area contributed by atoms with Crippen molar-refractivity contribution in [3.8, 4) is 0 Å². The van der Waals surface area contributed by atoms with E-state index in [1.54, 1.807) is 38.1 Å². The van der Waals surface area contributed by atoms with Crippen LogP contribution in [0.3, 0.4) is 0 Å². The van der Waals surface area contributed by atoms with Gasteiger partial charge in [-0.2, -0.15) is 0 Å². The number of nitro benzene ring substituents is 1. The van der Waals surface area contributed by atoms with Crippen LogP contribution in [0.15, 0.2) is 42.5 Å². The van der Waals surface area contributed by atoms with E-state index in [0.717, 1.165) is 0 Å². The van der Waals surface area contributed by atoms with Gasteiger partial charge in [0.1, 0.15) is 6.04 Å². The maximum atomic E-state index is 13.1. The molecule has 2 aromatic rings. The zero-order chi connectivity index (χ0) is 21.6. The Hall–Kier alpha value is -2.64. The Morgan fingerprint density at radius 2 is 1.76 bits per heavy atom. The smallest absolute Gasteiger partial charge is 0.273 e. The number of benzene rings is 2. The fourth-order valence-electron chi connectivity index (χ4n) is 2.86. The Balaban J connectivity index is 2.38. The number of para-hydroxylation sites is 1. The first kappa shape index (κ1) is 22.6. The summed E-state index contributed by atoms with van der Waals surface area (Å²) in [4.78, 5) is 37.6. The second-order valence-corrected chi connectivity index (χ2v) is 7.17. The summed E-state index contributed by atoms with van der Waals surface area (Å²) in [5.41, 5.74) is 0.617. The van der Waals surface area contributed by atoms with E-state index in [1.165, 1.54) is 23.1 Å². The SMILES string of the molecule is CCNC(=O)[C@H](C)N(Cc1c(Cl)cccc1Cl)C(=O)Cc1ccccc1[N+](=O)[O-]. The van der Waals surface area contributed by atoms with E-state index in [2.05, 4.69) is 5.32 Å². The third-order valence-corrected chi connectivity index (χ3v) is 5.15. The van der Waals surface area contributed by atoms with Crippen LogP contribution in [0.4, 0.5) is 5.69 Å². The molecule has 0 aliphatic carbocycles. The summed E-state index contributed by atoms with van der Waals surface area (Å²) < 4.78 is 0. The van der Waals surface area contributed by atoms with E-state index < -0.39 is 16.9 Å². The van der Waals surface area contributed by atoms with Gasteiger partial charge in [-0.1, -0.05) is 47.5 Å². The Morgan fingerprint density at radius 1 is 1.14 bits per heavy atom. The molecule has 29 heavy (non-hydrogen) atoms. The maximum absolute atomic E-state index is 13.1. The molecule has 1 N–H and O–H groups in total. The van der Waals surface area contributed by atoms with Crippen molar-refractivity contribution in [1.29, 1.82) is 0 Å². The second-order valence-electron chi connectivity index (χ2n) is 6.36. The molecular formula is C20H21Cl2N3O4. The van der Waals surface area contributed by atoms with Crippen molar-refractivity contribution in [2.45, 2.75) is 32.9 Å². The maximum Gasteiger partial charge on any atom is 0.273 e. The summed E-state index contributed by atoms with van der Waals surface area (Å²) in [5, 5.41) is 14.7. The van der Waals surface area contributed by atoms with Crippen LogP contribution in [-0.4, -0.2) is 34.2 Å². The summed E-state index contributed by atoms with van der Waals surface area (Å²) in [7, 11) is 0. The predicted octanol–water partition coefficient (Wildman–Crippen LogP) is 4.00. The predicted molar refractivity (Wildman–Crippen MR) is 112 cm³/mol. The molecule has 0 aliphatic rings. The Morgan fingerprint density at radius 3 is 2.34 bits per heavy atom. The molecule has 0 bridgehead atoms. The number of carbonyl (C=O) groups is 2. The molecule has 0 aromatic heterocycles. The van der Waals surface area contributed by atoms with Gasteiger partial charge in [0, 0.05) is 40.3 Å². The summed E-state index contributed by atoms with van der Waals surface area (Å²) in [6.07, 6.45) is -0.233. The summed E-state index contributed by atoms with van der Waals surface area (Å²) in [6.45, 7) is 3.76. The minimum atomic E-state index is -0.822. The lowest BCUT2D eigenvalue weighted by molar-refractivity contribution is -0.385. The van der Waals surface area contributed by atoms with Crippen LogP contribution in [-0.2, 0) is 22.6 Å². The average Bonchev–Trinajstić information content (AvgIpc) is 2.67. The van der Waals surface area contributed by atoms with E-state index >= 15 is 0 Å². The van der Waals surface area contributed by atoms with Crippen molar-refractivity contribution in [2.75, 3.05) is 6.54 Å². The van der Waals surface area contributed by atoms with Gasteiger partial charge in [-0.15, -0.1) is 0 Å².